The number of anilines is 1. The van der Waals surface area contributed by atoms with Gasteiger partial charge in [0.25, 0.3) is 0 Å². The molecule has 1 saturated heterocycles. The van der Waals surface area contributed by atoms with Crippen LogP contribution in [0.25, 0.3) is 0 Å². The Morgan fingerprint density at radius 2 is 2.13 bits per heavy atom. The number of carbonyl (C=O) groups excluding carboxylic acids is 2. The summed E-state index contributed by atoms with van der Waals surface area (Å²) >= 11 is 1.73. The van der Waals surface area contributed by atoms with Gasteiger partial charge in [-0.05, 0) is 49.8 Å². The molecule has 1 aliphatic carbocycles. The Balaban J connectivity index is 1.67. The lowest BCUT2D eigenvalue weighted by Gasteiger charge is -2.40. The Bertz CT molecular complexity index is 905. The zero-order valence-electron chi connectivity index (χ0n) is 17.8. The van der Waals surface area contributed by atoms with Gasteiger partial charge in [-0.1, -0.05) is 37.7 Å². The van der Waals surface area contributed by atoms with Crippen molar-refractivity contribution >= 4 is 34.5 Å². The molecule has 1 amide bonds. The van der Waals surface area contributed by atoms with E-state index in [0.29, 0.717) is 17.9 Å². The van der Waals surface area contributed by atoms with Crippen LogP contribution in [0.3, 0.4) is 0 Å². The lowest BCUT2D eigenvalue weighted by Crippen LogP contribution is -2.42. The predicted molar refractivity (Wildman–Crippen MR) is 120 cm³/mol. The molecule has 30 heavy (non-hydrogen) atoms. The molecule has 1 atom stereocenters. The van der Waals surface area contributed by atoms with Gasteiger partial charge in [-0.25, -0.2) is 9.79 Å². The van der Waals surface area contributed by atoms with Crippen LogP contribution in [-0.4, -0.2) is 40.8 Å². The van der Waals surface area contributed by atoms with Gasteiger partial charge in [-0.15, -0.1) is 0 Å². The fraction of sp³-hybridized carbons (Fsp3) is 0.522. The van der Waals surface area contributed by atoms with Gasteiger partial charge in [-0.2, -0.15) is 0 Å². The second-order valence-corrected chi connectivity index (χ2v) is 9.63. The smallest absolute Gasteiger partial charge is 0.338 e. The van der Waals surface area contributed by atoms with Gasteiger partial charge in [0.05, 0.1) is 23.9 Å². The maximum Gasteiger partial charge on any atom is 0.338 e. The van der Waals surface area contributed by atoms with Crippen molar-refractivity contribution in [1.29, 1.82) is 0 Å². The molecular weight excluding hydrogens is 398 g/mol. The number of aliphatic imine (C=N–C) groups is 1. The van der Waals surface area contributed by atoms with Crippen molar-refractivity contribution in [2.45, 2.75) is 46.1 Å². The van der Waals surface area contributed by atoms with Crippen molar-refractivity contribution in [2.75, 3.05) is 24.2 Å². The fourth-order valence-electron chi connectivity index (χ4n) is 3.77. The molecule has 2 aliphatic heterocycles. The van der Waals surface area contributed by atoms with Crippen molar-refractivity contribution < 1.29 is 14.3 Å². The number of nitrogens with zero attached hydrogens (tertiary/aromatic N) is 2. The normalized spacial score (nSPS) is 21.3. The zero-order valence-corrected chi connectivity index (χ0v) is 18.6. The van der Waals surface area contributed by atoms with Crippen LogP contribution >= 0.6 is 11.8 Å². The Labute approximate surface area is 182 Å². The summed E-state index contributed by atoms with van der Waals surface area (Å²) in [6, 6.07) is 7.58. The van der Waals surface area contributed by atoms with E-state index in [9.17, 15) is 9.59 Å². The molecule has 1 aromatic carbocycles. The molecule has 1 saturated carbocycles. The summed E-state index contributed by atoms with van der Waals surface area (Å²) in [5.41, 5.74) is 3.04. The third-order valence-electron chi connectivity index (χ3n) is 5.44. The van der Waals surface area contributed by atoms with E-state index in [1.54, 1.807) is 11.8 Å². The van der Waals surface area contributed by atoms with E-state index in [0.717, 1.165) is 48.0 Å². The van der Waals surface area contributed by atoms with Crippen molar-refractivity contribution in [3.63, 3.8) is 0 Å². The van der Waals surface area contributed by atoms with Crippen LogP contribution in [0.4, 0.5) is 5.69 Å². The summed E-state index contributed by atoms with van der Waals surface area (Å²) in [7, 11) is 0. The van der Waals surface area contributed by atoms with Gasteiger partial charge >= 0.3 is 5.97 Å². The first-order valence-corrected chi connectivity index (χ1v) is 11.7. The molecule has 6 nitrogen and oxygen atoms in total. The summed E-state index contributed by atoms with van der Waals surface area (Å²) in [5, 5.41) is 3.98. The number of benzene rings is 1. The van der Waals surface area contributed by atoms with E-state index >= 15 is 0 Å². The topological polar surface area (TPSA) is 71.0 Å². The largest absolute Gasteiger partial charge is 0.462 e. The van der Waals surface area contributed by atoms with E-state index in [-0.39, 0.29) is 29.8 Å². The molecule has 4 rings (SSSR count). The molecule has 2 fully saturated rings. The molecule has 0 bridgehead atoms. The molecule has 3 aliphatic rings. The number of thioether (sulfide) groups is 1. The second-order valence-electron chi connectivity index (χ2n) is 8.57. The van der Waals surface area contributed by atoms with Crippen molar-refractivity contribution in [1.82, 2.24) is 4.90 Å². The number of esters is 1. The minimum atomic E-state index is -0.308. The summed E-state index contributed by atoms with van der Waals surface area (Å²) in [4.78, 5) is 32.2. The van der Waals surface area contributed by atoms with Crippen LogP contribution in [0.1, 0.15) is 51.6 Å². The minimum Gasteiger partial charge on any atom is -0.462 e. The number of fused-ring (bicyclic) bond motifs is 1. The van der Waals surface area contributed by atoms with Crippen LogP contribution in [0, 0.1) is 11.8 Å². The molecule has 2 heterocycles. The SMILES string of the molecule is CC1=C(C(=O)OCC(C)C)[C@@H](c2cccc(NC(=O)C3CC3)c2)N2CCCSC2=N1. The number of nitrogens with one attached hydrogen (secondary N) is 1. The van der Waals surface area contributed by atoms with E-state index in [1.807, 2.05) is 45.0 Å². The zero-order chi connectivity index (χ0) is 21.3. The number of hydrogen-bond donors (Lipinski definition) is 1. The Kier molecular flexibility index (Phi) is 6.18. The first kappa shape index (κ1) is 21.0. The molecule has 0 spiro atoms. The second kappa shape index (κ2) is 8.84. The Hall–Kier alpha value is -2.28. The maximum absolute atomic E-state index is 13.1. The van der Waals surface area contributed by atoms with Gasteiger partial charge < -0.3 is 15.0 Å². The van der Waals surface area contributed by atoms with Crippen LogP contribution in [-0.2, 0) is 14.3 Å². The third-order valence-corrected chi connectivity index (χ3v) is 6.52. The van der Waals surface area contributed by atoms with Crippen molar-refractivity contribution in [3.8, 4) is 0 Å². The third kappa shape index (κ3) is 4.56. The van der Waals surface area contributed by atoms with Crippen LogP contribution < -0.4 is 5.32 Å². The van der Waals surface area contributed by atoms with E-state index in [2.05, 4.69) is 10.2 Å². The lowest BCUT2D eigenvalue weighted by molar-refractivity contribution is -0.141. The molecule has 0 unspecified atom stereocenters. The van der Waals surface area contributed by atoms with Gasteiger partial charge in [0.1, 0.15) is 0 Å². The summed E-state index contributed by atoms with van der Waals surface area (Å²) < 4.78 is 5.61. The van der Waals surface area contributed by atoms with Crippen molar-refractivity contribution in [2.24, 2.45) is 16.8 Å². The molecular formula is C23H29N3O3S. The average Bonchev–Trinajstić information content (AvgIpc) is 3.56. The van der Waals surface area contributed by atoms with E-state index in [1.165, 1.54) is 0 Å². The predicted octanol–water partition coefficient (Wildman–Crippen LogP) is 4.36. The Morgan fingerprint density at radius 3 is 2.87 bits per heavy atom. The van der Waals surface area contributed by atoms with E-state index in [4.69, 9.17) is 9.73 Å². The summed E-state index contributed by atoms with van der Waals surface area (Å²) in [5.74, 6) is 1.21. The first-order valence-electron chi connectivity index (χ1n) is 10.7. The number of carbonyl (C=O) groups is 2. The lowest BCUT2D eigenvalue weighted by atomic mass is 9.94. The van der Waals surface area contributed by atoms with Gasteiger partial charge in [0, 0.05) is 23.9 Å². The number of ether oxygens (including phenoxy) is 1. The first-order chi connectivity index (χ1) is 14.4. The quantitative estimate of drug-likeness (QED) is 0.683. The van der Waals surface area contributed by atoms with Gasteiger partial charge in [0.15, 0.2) is 5.17 Å². The fourth-order valence-corrected chi connectivity index (χ4v) is 4.79. The molecule has 1 N–H and O–H groups in total. The number of allylic oxidation sites excluding steroid dienone is 1. The van der Waals surface area contributed by atoms with Crippen molar-refractivity contribution in [3.05, 3.63) is 41.1 Å². The van der Waals surface area contributed by atoms with Crippen LogP contribution in [0.15, 0.2) is 40.5 Å². The number of amides is 1. The van der Waals surface area contributed by atoms with Crippen LogP contribution in [0.2, 0.25) is 0 Å². The average molecular weight is 428 g/mol. The van der Waals surface area contributed by atoms with E-state index < -0.39 is 0 Å². The molecule has 7 heteroatoms. The van der Waals surface area contributed by atoms with Crippen LogP contribution in [0.5, 0.6) is 0 Å². The minimum absolute atomic E-state index is 0.0786. The monoisotopic (exact) mass is 427 g/mol. The highest BCUT2D eigenvalue weighted by Gasteiger charge is 2.38. The molecule has 160 valence electrons. The Morgan fingerprint density at radius 1 is 1.33 bits per heavy atom. The summed E-state index contributed by atoms with van der Waals surface area (Å²) in [6.07, 6.45) is 2.96. The number of hydrogen-bond acceptors (Lipinski definition) is 6. The van der Waals surface area contributed by atoms with Gasteiger partial charge in [0.2, 0.25) is 5.91 Å². The molecule has 0 radical (unpaired) electrons. The molecule has 1 aromatic rings. The standard InChI is InChI=1S/C23H29N3O3S/c1-14(2)13-29-22(28)19-15(3)24-23-26(10-5-11-30-23)20(19)17-6-4-7-18(12-17)25-21(27)16-8-9-16/h4,6-7,12,14,16,20H,5,8-11,13H2,1-3H3,(H,25,27)/t20-/m1/s1. The maximum atomic E-state index is 13.1. The highest BCUT2D eigenvalue weighted by molar-refractivity contribution is 8.13. The van der Waals surface area contributed by atoms with Gasteiger partial charge in [-0.3, -0.25) is 4.79 Å². The number of rotatable bonds is 6. The number of amidine groups is 1. The highest BCUT2D eigenvalue weighted by atomic mass is 32.2. The summed E-state index contributed by atoms with van der Waals surface area (Å²) in [6.45, 7) is 7.15. The highest BCUT2D eigenvalue weighted by Crippen LogP contribution is 2.40. The molecule has 0 aromatic heterocycles.